The quantitative estimate of drug-likeness (QED) is 0.767. The van der Waals surface area contributed by atoms with Crippen molar-refractivity contribution >= 4 is 6.03 Å². The number of nitrogens with zero attached hydrogens (tertiary/aromatic N) is 2. The van der Waals surface area contributed by atoms with E-state index >= 15 is 0 Å². The summed E-state index contributed by atoms with van der Waals surface area (Å²) in [6.45, 7) is 8.72. The summed E-state index contributed by atoms with van der Waals surface area (Å²) >= 11 is 0. The molecular weight excluding hydrogens is 320 g/mol. The first-order valence-corrected chi connectivity index (χ1v) is 8.54. The minimum absolute atomic E-state index is 0.0403. The van der Waals surface area contributed by atoms with E-state index in [2.05, 4.69) is 20.8 Å². The third-order valence-electron chi connectivity index (χ3n) is 3.80. The number of carbonyl (C=O) groups excluding carboxylic acids is 1. The molecule has 0 radical (unpaired) electrons. The average molecular weight is 346 g/mol. The average Bonchev–Trinajstić information content (AvgIpc) is 2.90. The number of nitrogens with one attached hydrogen (secondary N) is 2. The SMILES string of the molecule is CCCOc1ncccc1CNC(=O)NC(C)Cc1c(C)noc1C. The Labute approximate surface area is 148 Å². The minimum atomic E-state index is -0.232. The second-order valence-corrected chi connectivity index (χ2v) is 6.05. The Balaban J connectivity index is 1.84. The van der Waals surface area contributed by atoms with Crippen LogP contribution in [-0.4, -0.2) is 28.8 Å². The Bertz CT molecular complexity index is 680. The monoisotopic (exact) mass is 346 g/mol. The molecule has 25 heavy (non-hydrogen) atoms. The number of hydrogen-bond acceptors (Lipinski definition) is 5. The molecule has 2 heterocycles. The van der Waals surface area contributed by atoms with E-state index in [9.17, 15) is 4.79 Å². The number of carbonyl (C=O) groups is 1. The standard InChI is InChI=1S/C18H26N4O3/c1-5-9-24-17-15(7-6-8-19-17)11-20-18(23)21-12(2)10-16-13(3)22-25-14(16)4/h6-8,12H,5,9-11H2,1-4H3,(H2,20,21,23). The Morgan fingerprint density at radius 2 is 2.20 bits per heavy atom. The molecule has 0 aliphatic heterocycles. The first-order chi connectivity index (χ1) is 12.0. The smallest absolute Gasteiger partial charge is 0.315 e. The van der Waals surface area contributed by atoms with Crippen molar-refractivity contribution in [2.75, 3.05) is 6.61 Å². The molecule has 2 aromatic heterocycles. The molecule has 0 spiro atoms. The molecule has 0 aliphatic carbocycles. The topological polar surface area (TPSA) is 89.3 Å². The zero-order chi connectivity index (χ0) is 18.2. The van der Waals surface area contributed by atoms with E-state index < -0.39 is 0 Å². The summed E-state index contributed by atoms with van der Waals surface area (Å²) in [7, 11) is 0. The summed E-state index contributed by atoms with van der Waals surface area (Å²) in [4.78, 5) is 16.3. The summed E-state index contributed by atoms with van der Waals surface area (Å²) in [5.74, 6) is 1.35. The molecule has 0 bridgehead atoms. The summed E-state index contributed by atoms with van der Waals surface area (Å²) in [6.07, 6.45) is 3.26. The second-order valence-electron chi connectivity index (χ2n) is 6.05. The van der Waals surface area contributed by atoms with Crippen LogP contribution in [0.3, 0.4) is 0 Å². The van der Waals surface area contributed by atoms with Crippen LogP contribution in [0.25, 0.3) is 0 Å². The fourth-order valence-corrected chi connectivity index (χ4v) is 2.49. The lowest BCUT2D eigenvalue weighted by Gasteiger charge is -2.15. The van der Waals surface area contributed by atoms with Gasteiger partial charge in [0, 0.05) is 29.9 Å². The van der Waals surface area contributed by atoms with E-state index in [0.29, 0.717) is 25.5 Å². The van der Waals surface area contributed by atoms with Crippen molar-refractivity contribution in [3.05, 3.63) is 40.9 Å². The molecule has 2 amide bonds. The van der Waals surface area contributed by atoms with Gasteiger partial charge in [-0.3, -0.25) is 0 Å². The zero-order valence-corrected chi connectivity index (χ0v) is 15.3. The van der Waals surface area contributed by atoms with Crippen LogP contribution in [0.4, 0.5) is 4.79 Å². The maximum absolute atomic E-state index is 12.1. The minimum Gasteiger partial charge on any atom is -0.477 e. The van der Waals surface area contributed by atoms with Gasteiger partial charge in [-0.2, -0.15) is 0 Å². The van der Waals surface area contributed by atoms with Gasteiger partial charge in [-0.15, -0.1) is 0 Å². The molecule has 1 unspecified atom stereocenters. The highest BCUT2D eigenvalue weighted by molar-refractivity contribution is 5.74. The van der Waals surface area contributed by atoms with Crippen molar-refractivity contribution in [3.8, 4) is 5.88 Å². The molecule has 0 saturated heterocycles. The van der Waals surface area contributed by atoms with E-state index in [0.717, 1.165) is 29.0 Å². The van der Waals surface area contributed by atoms with Crippen LogP contribution in [0.1, 0.15) is 42.8 Å². The van der Waals surface area contributed by atoms with E-state index in [1.807, 2.05) is 39.8 Å². The van der Waals surface area contributed by atoms with Gasteiger partial charge in [0.05, 0.1) is 12.3 Å². The number of aryl methyl sites for hydroxylation is 2. The molecule has 0 saturated carbocycles. The van der Waals surface area contributed by atoms with Crippen LogP contribution in [0, 0.1) is 13.8 Å². The fourth-order valence-electron chi connectivity index (χ4n) is 2.49. The Kier molecular flexibility index (Phi) is 6.80. The van der Waals surface area contributed by atoms with Gasteiger partial charge >= 0.3 is 6.03 Å². The summed E-state index contributed by atoms with van der Waals surface area (Å²) in [5.41, 5.74) is 2.75. The zero-order valence-electron chi connectivity index (χ0n) is 15.3. The number of rotatable bonds is 8. The Hall–Kier alpha value is -2.57. The largest absolute Gasteiger partial charge is 0.477 e. The Morgan fingerprint density at radius 1 is 1.40 bits per heavy atom. The lowest BCUT2D eigenvalue weighted by molar-refractivity contribution is 0.237. The summed E-state index contributed by atoms with van der Waals surface area (Å²) < 4.78 is 10.7. The predicted molar refractivity (Wildman–Crippen MR) is 94.5 cm³/mol. The van der Waals surface area contributed by atoms with E-state index in [-0.39, 0.29) is 12.1 Å². The molecule has 136 valence electrons. The number of aromatic nitrogens is 2. The summed E-state index contributed by atoms with van der Waals surface area (Å²) in [5, 5.41) is 9.71. The van der Waals surface area contributed by atoms with E-state index in [1.54, 1.807) is 6.20 Å². The molecule has 0 aromatic carbocycles. The Morgan fingerprint density at radius 3 is 2.88 bits per heavy atom. The molecule has 0 fully saturated rings. The first kappa shape index (κ1) is 18.8. The first-order valence-electron chi connectivity index (χ1n) is 8.54. The molecule has 2 aromatic rings. The van der Waals surface area contributed by atoms with Crippen LogP contribution < -0.4 is 15.4 Å². The molecule has 7 heteroatoms. The van der Waals surface area contributed by atoms with Crippen LogP contribution in [0.15, 0.2) is 22.9 Å². The van der Waals surface area contributed by atoms with Crippen LogP contribution in [0.2, 0.25) is 0 Å². The van der Waals surface area contributed by atoms with Gasteiger partial charge in [0.25, 0.3) is 0 Å². The van der Waals surface area contributed by atoms with Gasteiger partial charge in [-0.1, -0.05) is 18.1 Å². The molecule has 7 nitrogen and oxygen atoms in total. The van der Waals surface area contributed by atoms with Crippen LogP contribution in [-0.2, 0) is 13.0 Å². The summed E-state index contributed by atoms with van der Waals surface area (Å²) in [6, 6.07) is 3.45. The maximum atomic E-state index is 12.1. The molecular formula is C18H26N4O3. The van der Waals surface area contributed by atoms with Crippen molar-refractivity contribution in [2.45, 2.75) is 53.1 Å². The highest BCUT2D eigenvalue weighted by Gasteiger charge is 2.15. The van der Waals surface area contributed by atoms with Crippen molar-refractivity contribution in [3.63, 3.8) is 0 Å². The van der Waals surface area contributed by atoms with Crippen LogP contribution in [0.5, 0.6) is 5.88 Å². The van der Waals surface area contributed by atoms with Crippen molar-refractivity contribution in [1.29, 1.82) is 0 Å². The highest BCUT2D eigenvalue weighted by atomic mass is 16.5. The molecule has 2 N–H and O–H groups in total. The number of hydrogen-bond donors (Lipinski definition) is 2. The van der Waals surface area contributed by atoms with Gasteiger partial charge in [-0.25, -0.2) is 9.78 Å². The maximum Gasteiger partial charge on any atom is 0.315 e. The predicted octanol–water partition coefficient (Wildman–Crippen LogP) is 2.91. The second kappa shape index (κ2) is 9.05. The molecule has 0 aliphatic rings. The van der Waals surface area contributed by atoms with Gasteiger partial charge in [0.2, 0.25) is 5.88 Å². The molecule has 1 atom stereocenters. The fraction of sp³-hybridized carbons (Fsp3) is 0.500. The number of amides is 2. The lowest BCUT2D eigenvalue weighted by atomic mass is 10.1. The van der Waals surface area contributed by atoms with E-state index in [4.69, 9.17) is 9.26 Å². The third-order valence-corrected chi connectivity index (χ3v) is 3.80. The number of pyridine rings is 1. The van der Waals surface area contributed by atoms with Gasteiger partial charge < -0.3 is 19.9 Å². The lowest BCUT2D eigenvalue weighted by Crippen LogP contribution is -2.41. The van der Waals surface area contributed by atoms with Gasteiger partial charge in [0.15, 0.2) is 0 Å². The van der Waals surface area contributed by atoms with Crippen LogP contribution >= 0.6 is 0 Å². The van der Waals surface area contributed by atoms with Gasteiger partial charge in [0.1, 0.15) is 5.76 Å². The number of ether oxygens (including phenoxy) is 1. The molecule has 2 rings (SSSR count). The highest BCUT2D eigenvalue weighted by Crippen LogP contribution is 2.15. The normalized spacial score (nSPS) is 11.8. The van der Waals surface area contributed by atoms with E-state index in [1.165, 1.54) is 0 Å². The van der Waals surface area contributed by atoms with Crippen molar-refractivity contribution in [2.24, 2.45) is 0 Å². The number of urea groups is 1. The van der Waals surface area contributed by atoms with Crippen molar-refractivity contribution in [1.82, 2.24) is 20.8 Å². The third kappa shape index (κ3) is 5.48. The van der Waals surface area contributed by atoms with Gasteiger partial charge in [-0.05, 0) is 39.7 Å². The van der Waals surface area contributed by atoms with Crippen molar-refractivity contribution < 1.29 is 14.1 Å².